The Morgan fingerprint density at radius 1 is 1.13 bits per heavy atom. The summed E-state index contributed by atoms with van der Waals surface area (Å²) in [7, 11) is 0. The van der Waals surface area contributed by atoms with Gasteiger partial charge in [-0.3, -0.25) is 0 Å². The molecule has 3 aromatic rings. The van der Waals surface area contributed by atoms with Crippen LogP contribution < -0.4 is 10.9 Å². The van der Waals surface area contributed by atoms with Gasteiger partial charge in [0.1, 0.15) is 11.4 Å². The van der Waals surface area contributed by atoms with Crippen LogP contribution in [0.25, 0.3) is 11.0 Å². The second-order valence-electron chi connectivity index (χ2n) is 5.51. The van der Waals surface area contributed by atoms with Crippen LogP contribution in [-0.2, 0) is 6.54 Å². The molecule has 118 valence electrons. The van der Waals surface area contributed by atoms with E-state index in [0.717, 1.165) is 22.1 Å². The van der Waals surface area contributed by atoms with Gasteiger partial charge in [-0.2, -0.15) is 0 Å². The van der Waals surface area contributed by atoms with E-state index in [1.54, 1.807) is 6.07 Å². The molecular formula is C18H15ClFNO2. The lowest BCUT2D eigenvalue weighted by Gasteiger charge is -2.10. The van der Waals surface area contributed by atoms with Crippen LogP contribution in [0.1, 0.15) is 16.7 Å². The first-order chi connectivity index (χ1) is 10.9. The van der Waals surface area contributed by atoms with Crippen LogP contribution in [0.15, 0.2) is 45.6 Å². The van der Waals surface area contributed by atoms with Crippen molar-refractivity contribution in [1.82, 2.24) is 0 Å². The van der Waals surface area contributed by atoms with E-state index in [4.69, 9.17) is 16.0 Å². The van der Waals surface area contributed by atoms with E-state index in [9.17, 15) is 9.18 Å². The maximum Gasteiger partial charge on any atom is 0.336 e. The summed E-state index contributed by atoms with van der Waals surface area (Å²) in [5.74, 6) is -0.464. The van der Waals surface area contributed by atoms with Gasteiger partial charge in [-0.25, -0.2) is 9.18 Å². The number of nitrogens with one attached hydrogen (secondary N) is 1. The van der Waals surface area contributed by atoms with Gasteiger partial charge in [-0.1, -0.05) is 11.6 Å². The third-order valence-corrected chi connectivity index (χ3v) is 4.14. The maximum absolute atomic E-state index is 13.2. The van der Waals surface area contributed by atoms with Crippen LogP contribution in [0.4, 0.5) is 10.1 Å². The molecule has 23 heavy (non-hydrogen) atoms. The fourth-order valence-electron chi connectivity index (χ4n) is 2.43. The summed E-state index contributed by atoms with van der Waals surface area (Å²) in [5, 5.41) is 4.09. The Bertz CT molecular complexity index is 950. The topological polar surface area (TPSA) is 42.2 Å². The van der Waals surface area contributed by atoms with E-state index in [1.807, 2.05) is 26.0 Å². The molecule has 0 bridgehead atoms. The fourth-order valence-corrected chi connectivity index (χ4v) is 2.61. The summed E-state index contributed by atoms with van der Waals surface area (Å²) in [6.07, 6.45) is 0. The number of hydrogen-bond donors (Lipinski definition) is 1. The van der Waals surface area contributed by atoms with E-state index in [2.05, 4.69) is 5.32 Å². The van der Waals surface area contributed by atoms with Gasteiger partial charge >= 0.3 is 5.63 Å². The number of anilines is 1. The molecule has 2 aromatic carbocycles. The second-order valence-corrected chi connectivity index (χ2v) is 5.91. The highest BCUT2D eigenvalue weighted by molar-refractivity contribution is 6.31. The minimum Gasteiger partial charge on any atom is -0.423 e. The van der Waals surface area contributed by atoms with Crippen molar-refractivity contribution >= 4 is 28.3 Å². The average molecular weight is 332 g/mol. The molecule has 0 saturated heterocycles. The lowest BCUT2D eigenvalue weighted by Crippen LogP contribution is -2.06. The molecule has 0 aliphatic heterocycles. The molecule has 0 amide bonds. The molecule has 0 unspecified atom stereocenters. The molecule has 0 radical (unpaired) electrons. The van der Waals surface area contributed by atoms with Crippen molar-refractivity contribution in [3.05, 3.63) is 74.3 Å². The van der Waals surface area contributed by atoms with Crippen molar-refractivity contribution in [3.8, 4) is 0 Å². The predicted octanol–water partition coefficient (Wildman–Crippen LogP) is 4.81. The van der Waals surface area contributed by atoms with Crippen LogP contribution >= 0.6 is 11.6 Å². The Labute approximate surface area is 137 Å². The number of hydrogen-bond acceptors (Lipinski definition) is 3. The van der Waals surface area contributed by atoms with Crippen molar-refractivity contribution in [1.29, 1.82) is 0 Å². The van der Waals surface area contributed by atoms with Gasteiger partial charge in [0.2, 0.25) is 0 Å². The van der Waals surface area contributed by atoms with Crippen LogP contribution in [-0.4, -0.2) is 0 Å². The molecule has 3 rings (SSSR count). The molecule has 0 aliphatic carbocycles. The van der Waals surface area contributed by atoms with Gasteiger partial charge < -0.3 is 9.73 Å². The first-order valence-corrected chi connectivity index (χ1v) is 7.55. The molecule has 0 atom stereocenters. The molecule has 5 heteroatoms. The molecule has 0 fully saturated rings. The molecule has 1 aromatic heterocycles. The minimum atomic E-state index is -0.464. The third kappa shape index (κ3) is 3.22. The van der Waals surface area contributed by atoms with E-state index in [0.29, 0.717) is 17.8 Å². The zero-order chi connectivity index (χ0) is 16.6. The highest BCUT2D eigenvalue weighted by Gasteiger charge is 2.08. The number of halogens is 2. The third-order valence-electron chi connectivity index (χ3n) is 3.85. The Balaban J connectivity index is 1.97. The van der Waals surface area contributed by atoms with Crippen molar-refractivity contribution in [2.45, 2.75) is 20.4 Å². The quantitative estimate of drug-likeness (QED) is 0.700. The summed E-state index contributed by atoms with van der Waals surface area (Å²) in [4.78, 5) is 11.7. The van der Waals surface area contributed by atoms with Crippen LogP contribution in [0.2, 0.25) is 5.02 Å². The molecule has 1 heterocycles. The Hall–Kier alpha value is -2.33. The van der Waals surface area contributed by atoms with Crippen LogP contribution in [0.3, 0.4) is 0 Å². The SMILES string of the molecule is Cc1cc2oc(=O)cc(CNc3ccc(F)c(Cl)c3)c2cc1C. The molecular weight excluding hydrogens is 317 g/mol. The lowest BCUT2D eigenvalue weighted by atomic mass is 10.0. The summed E-state index contributed by atoms with van der Waals surface area (Å²) in [6, 6.07) is 9.75. The normalized spacial score (nSPS) is 11.0. The zero-order valence-corrected chi connectivity index (χ0v) is 13.5. The highest BCUT2D eigenvalue weighted by atomic mass is 35.5. The van der Waals surface area contributed by atoms with E-state index in [1.165, 1.54) is 18.2 Å². The van der Waals surface area contributed by atoms with Crippen molar-refractivity contribution in [2.24, 2.45) is 0 Å². The number of rotatable bonds is 3. The molecule has 3 nitrogen and oxygen atoms in total. The second kappa shape index (κ2) is 6.05. The van der Waals surface area contributed by atoms with Crippen molar-refractivity contribution in [3.63, 3.8) is 0 Å². The summed E-state index contributed by atoms with van der Waals surface area (Å²) < 4.78 is 18.5. The molecule has 1 N–H and O–H groups in total. The molecule has 0 aliphatic rings. The number of benzene rings is 2. The van der Waals surface area contributed by atoms with Crippen LogP contribution in [0.5, 0.6) is 0 Å². The largest absolute Gasteiger partial charge is 0.423 e. The minimum absolute atomic E-state index is 0.0545. The highest BCUT2D eigenvalue weighted by Crippen LogP contribution is 2.24. The van der Waals surface area contributed by atoms with Gasteiger partial charge in [0.05, 0.1) is 5.02 Å². The van der Waals surface area contributed by atoms with E-state index in [-0.39, 0.29) is 5.02 Å². The average Bonchev–Trinajstić information content (AvgIpc) is 2.50. The van der Waals surface area contributed by atoms with Gasteiger partial charge in [0.25, 0.3) is 0 Å². The van der Waals surface area contributed by atoms with Crippen LogP contribution in [0, 0.1) is 19.7 Å². The van der Waals surface area contributed by atoms with E-state index >= 15 is 0 Å². The number of aryl methyl sites for hydroxylation is 2. The fraction of sp³-hybridized carbons (Fsp3) is 0.167. The summed E-state index contributed by atoms with van der Waals surface area (Å²) in [5.41, 5.74) is 3.86. The Morgan fingerprint density at radius 3 is 2.61 bits per heavy atom. The standard InChI is InChI=1S/C18H15ClFNO2/c1-10-5-14-12(7-18(22)23-17(14)6-11(10)2)9-21-13-3-4-16(20)15(19)8-13/h3-8,21H,9H2,1-2H3. The summed E-state index contributed by atoms with van der Waals surface area (Å²) >= 11 is 5.77. The lowest BCUT2D eigenvalue weighted by molar-refractivity contribution is 0.559. The Kier molecular flexibility index (Phi) is 4.09. The summed E-state index contributed by atoms with van der Waals surface area (Å²) in [6.45, 7) is 4.39. The van der Waals surface area contributed by atoms with Gasteiger partial charge in [-0.05, 0) is 60.9 Å². The number of fused-ring (bicyclic) bond motifs is 1. The zero-order valence-electron chi connectivity index (χ0n) is 12.7. The molecule has 0 saturated carbocycles. The van der Waals surface area contributed by atoms with Gasteiger partial charge in [0.15, 0.2) is 0 Å². The molecule has 0 spiro atoms. The van der Waals surface area contributed by atoms with Crippen molar-refractivity contribution in [2.75, 3.05) is 5.32 Å². The van der Waals surface area contributed by atoms with Gasteiger partial charge in [0, 0.05) is 23.7 Å². The first-order valence-electron chi connectivity index (χ1n) is 7.17. The van der Waals surface area contributed by atoms with Crippen molar-refractivity contribution < 1.29 is 8.81 Å². The van der Waals surface area contributed by atoms with Gasteiger partial charge in [-0.15, -0.1) is 0 Å². The maximum atomic E-state index is 13.2. The first kappa shape index (κ1) is 15.6. The smallest absolute Gasteiger partial charge is 0.336 e. The predicted molar refractivity (Wildman–Crippen MR) is 90.7 cm³/mol. The Morgan fingerprint density at radius 2 is 1.87 bits per heavy atom. The monoisotopic (exact) mass is 331 g/mol. The van der Waals surface area contributed by atoms with E-state index < -0.39 is 11.4 Å².